The number of phenolic OH excluding ortho intramolecular Hbond substituents is 2. The van der Waals surface area contributed by atoms with Crippen LogP contribution in [0.15, 0.2) is 42.5 Å². The summed E-state index contributed by atoms with van der Waals surface area (Å²) in [6.07, 6.45) is 4.56. The summed E-state index contributed by atoms with van der Waals surface area (Å²) in [6, 6.07) is 13.6. The Balaban J connectivity index is 1.57. The van der Waals surface area contributed by atoms with E-state index < -0.39 is 0 Å². The standard InChI is InChI=1S/C27H40N2O2/c1-19(2)17-27(28-15-8-10-22-9-5-6-12-26(22)31)29-16-14-23(20(3)18-29)24-11-7-13-25(30)21(24)4/h5-7,9,11-13,19-20,23,27-28,30-31H,8,10,14-18H2,1-4H3/t20-,23+,27?/m0/s1. The molecule has 1 saturated heterocycles. The molecule has 1 aliphatic heterocycles. The summed E-state index contributed by atoms with van der Waals surface area (Å²) in [7, 11) is 0. The maximum Gasteiger partial charge on any atom is 0.118 e. The Bertz CT molecular complexity index is 836. The fourth-order valence-electron chi connectivity index (χ4n) is 5.04. The summed E-state index contributed by atoms with van der Waals surface area (Å²) < 4.78 is 0. The summed E-state index contributed by atoms with van der Waals surface area (Å²) in [5.74, 6) is 2.50. The molecule has 0 amide bonds. The van der Waals surface area contributed by atoms with Crippen LogP contribution in [0.3, 0.4) is 0 Å². The van der Waals surface area contributed by atoms with Gasteiger partial charge in [0.1, 0.15) is 11.5 Å². The lowest BCUT2D eigenvalue weighted by Gasteiger charge is -2.42. The van der Waals surface area contributed by atoms with E-state index in [0.29, 0.717) is 35.4 Å². The fourth-order valence-corrected chi connectivity index (χ4v) is 5.04. The van der Waals surface area contributed by atoms with Crippen LogP contribution in [0.4, 0.5) is 0 Å². The van der Waals surface area contributed by atoms with Gasteiger partial charge >= 0.3 is 0 Å². The highest BCUT2D eigenvalue weighted by atomic mass is 16.3. The molecule has 2 aromatic rings. The van der Waals surface area contributed by atoms with Crippen molar-refractivity contribution in [2.45, 2.75) is 65.5 Å². The molecular formula is C27H40N2O2. The van der Waals surface area contributed by atoms with Crippen molar-refractivity contribution in [3.8, 4) is 11.5 Å². The average Bonchev–Trinajstić information content (AvgIpc) is 2.73. The average molecular weight is 425 g/mol. The summed E-state index contributed by atoms with van der Waals surface area (Å²) in [5, 5.41) is 23.9. The molecule has 170 valence electrons. The van der Waals surface area contributed by atoms with Crippen LogP contribution in [0.25, 0.3) is 0 Å². The Kier molecular flexibility index (Phi) is 8.39. The van der Waals surface area contributed by atoms with Crippen molar-refractivity contribution in [3.63, 3.8) is 0 Å². The molecule has 0 spiro atoms. The molecule has 1 fully saturated rings. The molecule has 4 heteroatoms. The number of nitrogens with zero attached hydrogens (tertiary/aromatic N) is 1. The molecule has 0 saturated carbocycles. The van der Waals surface area contributed by atoms with Crippen molar-refractivity contribution in [1.29, 1.82) is 0 Å². The van der Waals surface area contributed by atoms with Crippen molar-refractivity contribution >= 4 is 0 Å². The first-order valence-corrected chi connectivity index (χ1v) is 11.9. The number of phenols is 2. The summed E-state index contributed by atoms with van der Waals surface area (Å²) >= 11 is 0. The van der Waals surface area contributed by atoms with Crippen molar-refractivity contribution in [3.05, 3.63) is 59.2 Å². The van der Waals surface area contributed by atoms with E-state index in [9.17, 15) is 10.2 Å². The Morgan fingerprint density at radius 1 is 1.06 bits per heavy atom. The topological polar surface area (TPSA) is 55.7 Å². The van der Waals surface area contributed by atoms with Crippen LogP contribution < -0.4 is 5.32 Å². The van der Waals surface area contributed by atoms with Crippen molar-refractivity contribution in [2.24, 2.45) is 11.8 Å². The first kappa shape index (κ1) is 23.6. The Labute approximate surface area is 188 Å². The minimum Gasteiger partial charge on any atom is -0.508 e. The normalized spacial score (nSPS) is 20.8. The molecule has 0 bridgehead atoms. The third-order valence-corrected chi connectivity index (χ3v) is 6.81. The second kappa shape index (κ2) is 11.0. The van der Waals surface area contributed by atoms with E-state index in [1.54, 1.807) is 12.1 Å². The quantitative estimate of drug-likeness (QED) is 0.470. The van der Waals surface area contributed by atoms with Gasteiger partial charge in [0.2, 0.25) is 0 Å². The number of piperidine rings is 1. The number of nitrogens with one attached hydrogen (secondary N) is 1. The molecule has 1 heterocycles. The minimum absolute atomic E-state index is 0.387. The van der Waals surface area contributed by atoms with Crippen LogP contribution in [0, 0.1) is 18.8 Å². The van der Waals surface area contributed by atoms with Gasteiger partial charge in [-0.1, -0.05) is 51.1 Å². The van der Waals surface area contributed by atoms with E-state index in [1.165, 1.54) is 5.56 Å². The zero-order valence-electron chi connectivity index (χ0n) is 19.6. The molecule has 2 aromatic carbocycles. The van der Waals surface area contributed by atoms with Gasteiger partial charge in [0.25, 0.3) is 0 Å². The maximum absolute atomic E-state index is 10.1. The van der Waals surface area contributed by atoms with E-state index in [-0.39, 0.29) is 0 Å². The Hall–Kier alpha value is -2.04. The van der Waals surface area contributed by atoms with Crippen LogP contribution >= 0.6 is 0 Å². The SMILES string of the molecule is Cc1c(O)cccc1[C@@H]1CCN(C(CC(C)C)NCCCc2ccccc2O)C[C@@H]1C. The molecule has 3 N–H and O–H groups in total. The predicted molar refractivity (Wildman–Crippen MR) is 129 cm³/mol. The second-order valence-electron chi connectivity index (χ2n) is 9.69. The van der Waals surface area contributed by atoms with E-state index in [1.807, 2.05) is 31.2 Å². The zero-order valence-corrected chi connectivity index (χ0v) is 19.6. The number of likely N-dealkylation sites (tertiary alicyclic amines) is 1. The van der Waals surface area contributed by atoms with Crippen LogP contribution in [0.1, 0.15) is 62.6 Å². The van der Waals surface area contributed by atoms with E-state index in [2.05, 4.69) is 37.1 Å². The van der Waals surface area contributed by atoms with E-state index in [0.717, 1.165) is 56.4 Å². The van der Waals surface area contributed by atoms with Crippen LogP contribution in [0.5, 0.6) is 11.5 Å². The summed E-state index contributed by atoms with van der Waals surface area (Å²) in [6.45, 7) is 12.1. The number of aromatic hydroxyl groups is 2. The molecule has 3 rings (SSSR count). The molecule has 4 nitrogen and oxygen atoms in total. The van der Waals surface area contributed by atoms with E-state index >= 15 is 0 Å². The van der Waals surface area contributed by atoms with Gasteiger partial charge < -0.3 is 15.5 Å². The number of para-hydroxylation sites is 1. The summed E-state index contributed by atoms with van der Waals surface area (Å²) in [5.41, 5.74) is 3.37. The molecule has 1 aliphatic rings. The lowest BCUT2D eigenvalue weighted by molar-refractivity contribution is 0.0821. The lowest BCUT2D eigenvalue weighted by Crippen LogP contribution is -2.51. The molecular weight excluding hydrogens is 384 g/mol. The van der Waals surface area contributed by atoms with Gasteiger partial charge in [-0.25, -0.2) is 0 Å². The second-order valence-corrected chi connectivity index (χ2v) is 9.69. The maximum atomic E-state index is 10.1. The Morgan fingerprint density at radius 2 is 1.81 bits per heavy atom. The minimum atomic E-state index is 0.387. The third-order valence-electron chi connectivity index (χ3n) is 6.81. The smallest absolute Gasteiger partial charge is 0.118 e. The van der Waals surface area contributed by atoms with Crippen molar-refractivity contribution in [1.82, 2.24) is 10.2 Å². The van der Waals surface area contributed by atoms with Gasteiger partial charge in [0, 0.05) is 13.1 Å². The molecule has 0 aliphatic carbocycles. The summed E-state index contributed by atoms with van der Waals surface area (Å²) in [4.78, 5) is 2.62. The highest BCUT2D eigenvalue weighted by Crippen LogP contribution is 2.37. The Morgan fingerprint density at radius 3 is 2.52 bits per heavy atom. The number of hydrogen-bond donors (Lipinski definition) is 3. The van der Waals surface area contributed by atoms with Gasteiger partial charge in [0.15, 0.2) is 0 Å². The number of benzene rings is 2. The van der Waals surface area contributed by atoms with Crippen LogP contribution in [-0.2, 0) is 6.42 Å². The first-order chi connectivity index (χ1) is 14.9. The van der Waals surface area contributed by atoms with Crippen LogP contribution in [0.2, 0.25) is 0 Å². The van der Waals surface area contributed by atoms with Gasteiger partial charge in [-0.05, 0) is 85.7 Å². The predicted octanol–water partition coefficient (Wildman–Crippen LogP) is 5.43. The van der Waals surface area contributed by atoms with Crippen molar-refractivity contribution in [2.75, 3.05) is 19.6 Å². The zero-order chi connectivity index (χ0) is 22.4. The van der Waals surface area contributed by atoms with Gasteiger partial charge in [0.05, 0.1) is 6.17 Å². The number of aryl methyl sites for hydroxylation is 1. The lowest BCUT2D eigenvalue weighted by atomic mass is 9.79. The van der Waals surface area contributed by atoms with Crippen LogP contribution in [-0.4, -0.2) is 40.9 Å². The van der Waals surface area contributed by atoms with E-state index in [4.69, 9.17) is 0 Å². The molecule has 1 unspecified atom stereocenters. The molecule has 3 atom stereocenters. The first-order valence-electron chi connectivity index (χ1n) is 11.9. The number of rotatable bonds is 9. The van der Waals surface area contributed by atoms with Gasteiger partial charge in [-0.2, -0.15) is 0 Å². The highest BCUT2D eigenvalue weighted by Gasteiger charge is 2.32. The molecule has 0 radical (unpaired) electrons. The van der Waals surface area contributed by atoms with Gasteiger partial charge in [-0.15, -0.1) is 0 Å². The third kappa shape index (κ3) is 6.24. The highest BCUT2D eigenvalue weighted by molar-refractivity contribution is 5.40. The molecule has 31 heavy (non-hydrogen) atoms. The number of hydrogen-bond acceptors (Lipinski definition) is 4. The van der Waals surface area contributed by atoms with Crippen molar-refractivity contribution < 1.29 is 10.2 Å². The van der Waals surface area contributed by atoms with Gasteiger partial charge in [-0.3, -0.25) is 4.90 Å². The largest absolute Gasteiger partial charge is 0.508 e. The molecule has 0 aromatic heterocycles. The monoisotopic (exact) mass is 424 g/mol. The fraction of sp³-hybridized carbons (Fsp3) is 0.556.